The van der Waals surface area contributed by atoms with E-state index in [0.29, 0.717) is 0 Å². The Morgan fingerprint density at radius 1 is 1.29 bits per heavy atom. The zero-order valence-corrected chi connectivity index (χ0v) is 12.3. The number of nitrogens with one attached hydrogen (secondary N) is 1. The molecule has 1 aromatic rings. The van der Waals surface area contributed by atoms with Crippen molar-refractivity contribution in [3.8, 4) is 0 Å². The van der Waals surface area contributed by atoms with Gasteiger partial charge in [-0.2, -0.15) is 0 Å². The second-order valence-electron chi connectivity index (χ2n) is 5.27. The van der Waals surface area contributed by atoms with E-state index < -0.39 is 0 Å². The first-order valence-electron chi connectivity index (χ1n) is 6.52. The van der Waals surface area contributed by atoms with E-state index in [4.69, 9.17) is 0 Å². The van der Waals surface area contributed by atoms with Gasteiger partial charge in [0.2, 0.25) is 0 Å². The van der Waals surface area contributed by atoms with Crippen molar-refractivity contribution in [3.05, 3.63) is 22.4 Å². The number of aromatic nitrogens is 1. The third kappa shape index (κ3) is 3.70. The number of hydrogen-bond donors (Lipinski definition) is 1. The van der Waals surface area contributed by atoms with Gasteiger partial charge in [-0.3, -0.25) is 0 Å². The highest BCUT2D eigenvalue weighted by molar-refractivity contribution is 9.10. The van der Waals surface area contributed by atoms with Gasteiger partial charge in [0.25, 0.3) is 0 Å². The van der Waals surface area contributed by atoms with Crippen LogP contribution in [0.1, 0.15) is 38.3 Å². The van der Waals surface area contributed by atoms with Gasteiger partial charge >= 0.3 is 0 Å². The van der Waals surface area contributed by atoms with Crippen LogP contribution in [0, 0.1) is 18.8 Å². The van der Waals surface area contributed by atoms with Gasteiger partial charge in [-0.1, -0.05) is 19.8 Å². The lowest BCUT2D eigenvalue weighted by Crippen LogP contribution is -2.20. The van der Waals surface area contributed by atoms with Crippen molar-refractivity contribution in [2.24, 2.45) is 11.8 Å². The summed E-state index contributed by atoms with van der Waals surface area (Å²) in [5.74, 6) is 1.77. The van der Waals surface area contributed by atoms with Crippen LogP contribution >= 0.6 is 15.9 Å². The standard InChI is InChI=1S/C14H21BrN2/c1-10-3-5-12(6-4-10)9-16-13-7-8-14(15)17-11(13)2/h7-8,10,12,16H,3-6,9H2,1-2H3. The number of hydrogen-bond acceptors (Lipinski definition) is 2. The third-order valence-corrected chi connectivity index (χ3v) is 4.21. The molecule has 1 fully saturated rings. The lowest BCUT2D eigenvalue weighted by Gasteiger charge is -2.26. The van der Waals surface area contributed by atoms with Crippen LogP contribution in [0.3, 0.4) is 0 Å². The molecular weight excluding hydrogens is 276 g/mol. The fourth-order valence-corrected chi connectivity index (χ4v) is 2.90. The number of nitrogens with zero attached hydrogens (tertiary/aromatic N) is 1. The molecule has 1 aromatic heterocycles. The molecule has 1 saturated carbocycles. The predicted octanol–water partition coefficient (Wildman–Crippen LogP) is 4.39. The molecule has 1 aliphatic carbocycles. The molecule has 3 heteroatoms. The molecule has 1 N–H and O–H groups in total. The first-order chi connectivity index (χ1) is 8.15. The van der Waals surface area contributed by atoms with Gasteiger partial charge < -0.3 is 5.32 Å². The highest BCUT2D eigenvalue weighted by atomic mass is 79.9. The fraction of sp³-hybridized carbons (Fsp3) is 0.643. The maximum atomic E-state index is 4.40. The van der Waals surface area contributed by atoms with Crippen molar-refractivity contribution in [2.75, 3.05) is 11.9 Å². The van der Waals surface area contributed by atoms with Crippen LogP contribution in [0.4, 0.5) is 5.69 Å². The monoisotopic (exact) mass is 296 g/mol. The quantitative estimate of drug-likeness (QED) is 0.837. The topological polar surface area (TPSA) is 24.9 Å². The van der Waals surface area contributed by atoms with Gasteiger partial charge in [0.15, 0.2) is 0 Å². The Morgan fingerprint density at radius 3 is 2.65 bits per heavy atom. The van der Waals surface area contributed by atoms with Crippen LogP contribution in [0.5, 0.6) is 0 Å². The number of rotatable bonds is 3. The molecule has 0 aromatic carbocycles. The molecule has 0 radical (unpaired) electrons. The van der Waals surface area contributed by atoms with Crippen molar-refractivity contribution in [3.63, 3.8) is 0 Å². The average molecular weight is 297 g/mol. The molecule has 0 bridgehead atoms. The summed E-state index contributed by atoms with van der Waals surface area (Å²) in [7, 11) is 0. The summed E-state index contributed by atoms with van der Waals surface area (Å²) in [6, 6.07) is 4.11. The molecule has 17 heavy (non-hydrogen) atoms. The van der Waals surface area contributed by atoms with Crippen LogP contribution in [-0.2, 0) is 0 Å². The normalized spacial score (nSPS) is 24.6. The fourth-order valence-electron chi connectivity index (χ4n) is 2.50. The van der Waals surface area contributed by atoms with E-state index in [0.717, 1.165) is 28.7 Å². The summed E-state index contributed by atoms with van der Waals surface area (Å²) >= 11 is 3.39. The lowest BCUT2D eigenvalue weighted by molar-refractivity contribution is 0.300. The van der Waals surface area contributed by atoms with Gasteiger partial charge in [-0.05, 0) is 59.7 Å². The average Bonchev–Trinajstić information content (AvgIpc) is 2.30. The number of anilines is 1. The minimum atomic E-state index is 0.842. The Kier molecular flexibility index (Phi) is 4.43. The Labute approximate surface area is 112 Å². The molecule has 0 atom stereocenters. The van der Waals surface area contributed by atoms with Crippen molar-refractivity contribution < 1.29 is 0 Å². The predicted molar refractivity (Wildman–Crippen MR) is 76.3 cm³/mol. The van der Waals surface area contributed by atoms with Crippen molar-refractivity contribution in [1.29, 1.82) is 0 Å². The van der Waals surface area contributed by atoms with Crippen molar-refractivity contribution >= 4 is 21.6 Å². The van der Waals surface area contributed by atoms with E-state index in [9.17, 15) is 0 Å². The number of pyridine rings is 1. The van der Waals surface area contributed by atoms with Gasteiger partial charge in [-0.15, -0.1) is 0 Å². The molecule has 1 heterocycles. The molecule has 2 rings (SSSR count). The highest BCUT2D eigenvalue weighted by Gasteiger charge is 2.17. The zero-order valence-electron chi connectivity index (χ0n) is 10.7. The van der Waals surface area contributed by atoms with Gasteiger partial charge in [-0.25, -0.2) is 4.98 Å². The second-order valence-corrected chi connectivity index (χ2v) is 6.09. The van der Waals surface area contributed by atoms with E-state index in [1.807, 2.05) is 6.07 Å². The molecule has 0 saturated heterocycles. The van der Waals surface area contributed by atoms with E-state index in [1.165, 1.54) is 31.4 Å². The van der Waals surface area contributed by atoms with E-state index >= 15 is 0 Å². The lowest BCUT2D eigenvalue weighted by atomic mass is 9.83. The molecule has 0 spiro atoms. The minimum absolute atomic E-state index is 0.842. The van der Waals surface area contributed by atoms with Crippen LogP contribution in [-0.4, -0.2) is 11.5 Å². The maximum Gasteiger partial charge on any atom is 0.106 e. The van der Waals surface area contributed by atoms with E-state index in [-0.39, 0.29) is 0 Å². The Balaban J connectivity index is 1.85. The van der Waals surface area contributed by atoms with Gasteiger partial charge in [0.05, 0.1) is 11.4 Å². The van der Waals surface area contributed by atoms with E-state index in [1.54, 1.807) is 0 Å². The summed E-state index contributed by atoms with van der Waals surface area (Å²) in [5.41, 5.74) is 2.25. The first-order valence-corrected chi connectivity index (χ1v) is 7.31. The number of halogens is 1. The Morgan fingerprint density at radius 2 is 2.00 bits per heavy atom. The summed E-state index contributed by atoms with van der Waals surface area (Å²) in [6.07, 6.45) is 5.53. The molecule has 94 valence electrons. The Hall–Kier alpha value is -0.570. The maximum absolute atomic E-state index is 4.40. The number of aryl methyl sites for hydroxylation is 1. The molecule has 1 aliphatic rings. The summed E-state index contributed by atoms with van der Waals surface area (Å²) in [5, 5.41) is 3.54. The van der Waals surface area contributed by atoms with Crippen LogP contribution in [0.2, 0.25) is 0 Å². The minimum Gasteiger partial charge on any atom is -0.383 e. The van der Waals surface area contributed by atoms with Crippen molar-refractivity contribution in [1.82, 2.24) is 4.98 Å². The van der Waals surface area contributed by atoms with Gasteiger partial charge in [0, 0.05) is 6.54 Å². The summed E-state index contributed by atoms with van der Waals surface area (Å²) < 4.78 is 0.909. The smallest absolute Gasteiger partial charge is 0.106 e. The molecular formula is C14H21BrN2. The Bertz CT molecular complexity index is 370. The van der Waals surface area contributed by atoms with Crippen LogP contribution in [0.15, 0.2) is 16.7 Å². The zero-order chi connectivity index (χ0) is 12.3. The molecule has 0 unspecified atom stereocenters. The van der Waals surface area contributed by atoms with E-state index in [2.05, 4.69) is 46.1 Å². The highest BCUT2D eigenvalue weighted by Crippen LogP contribution is 2.28. The molecule has 2 nitrogen and oxygen atoms in total. The van der Waals surface area contributed by atoms with Crippen LogP contribution < -0.4 is 5.32 Å². The van der Waals surface area contributed by atoms with Crippen molar-refractivity contribution in [2.45, 2.75) is 39.5 Å². The van der Waals surface area contributed by atoms with Gasteiger partial charge in [0.1, 0.15) is 4.60 Å². The SMILES string of the molecule is Cc1nc(Br)ccc1NCC1CCC(C)CC1. The third-order valence-electron chi connectivity index (χ3n) is 3.77. The summed E-state index contributed by atoms with van der Waals surface area (Å²) in [4.78, 5) is 4.40. The second kappa shape index (κ2) is 5.85. The largest absolute Gasteiger partial charge is 0.383 e. The molecule has 0 aliphatic heterocycles. The van der Waals surface area contributed by atoms with Crippen LogP contribution in [0.25, 0.3) is 0 Å². The first kappa shape index (κ1) is 12.9. The summed E-state index contributed by atoms with van der Waals surface area (Å²) in [6.45, 7) is 5.51. The molecule has 0 amide bonds.